The van der Waals surface area contributed by atoms with Gasteiger partial charge < -0.3 is 9.91 Å². The Hall–Kier alpha value is -1.58. The van der Waals surface area contributed by atoms with Gasteiger partial charge in [-0.1, -0.05) is 18.2 Å². The summed E-state index contributed by atoms with van der Waals surface area (Å²) in [5, 5.41) is 2.06. The molecule has 0 amide bonds. The second-order valence-corrected chi connectivity index (χ2v) is 4.39. The molecule has 90 valence electrons. The Labute approximate surface area is 103 Å². The Morgan fingerprint density at radius 1 is 1.29 bits per heavy atom. The summed E-state index contributed by atoms with van der Waals surface area (Å²) >= 11 is 0. The van der Waals surface area contributed by atoms with Crippen molar-refractivity contribution in [2.45, 2.75) is 0 Å². The Kier molecular flexibility index (Phi) is 3.96. The van der Waals surface area contributed by atoms with E-state index in [2.05, 4.69) is 48.0 Å². The zero-order valence-corrected chi connectivity index (χ0v) is 10.5. The van der Waals surface area contributed by atoms with Gasteiger partial charge in [-0.2, -0.15) is 0 Å². The highest BCUT2D eigenvalue weighted by Crippen LogP contribution is 2.08. The number of likely N-dealkylation sites (N-methyl/N-ethyl adjacent to an activating group) is 1. The van der Waals surface area contributed by atoms with E-state index in [9.17, 15) is 0 Å². The van der Waals surface area contributed by atoms with E-state index in [1.807, 2.05) is 25.2 Å². The van der Waals surface area contributed by atoms with Crippen LogP contribution in [0.2, 0.25) is 0 Å². The van der Waals surface area contributed by atoms with E-state index in [0.717, 1.165) is 13.1 Å². The van der Waals surface area contributed by atoms with Crippen molar-refractivity contribution in [3.63, 3.8) is 0 Å². The lowest BCUT2D eigenvalue weighted by atomic mass is 10.2. The standard InChI is InChI=1S/C14H19N3/c1-16-10-8-13(9-11-16)12-15-17(2)14-6-4-3-5-7-14/h3-10,15H,11-12H2,1-2H3/p+1. The van der Waals surface area contributed by atoms with E-state index in [4.69, 9.17) is 0 Å². The lowest BCUT2D eigenvalue weighted by Crippen LogP contribution is -3.04. The summed E-state index contributed by atoms with van der Waals surface area (Å²) in [7, 11) is 4.20. The highest BCUT2D eigenvalue weighted by atomic mass is 15.5. The van der Waals surface area contributed by atoms with Crippen LogP contribution in [0.1, 0.15) is 0 Å². The van der Waals surface area contributed by atoms with Crippen LogP contribution in [0.25, 0.3) is 0 Å². The SMILES string of the molecule is CN(NCC1=CC[NH+](C)C=C1)c1ccccc1. The molecule has 2 rings (SSSR count). The van der Waals surface area contributed by atoms with Crippen molar-refractivity contribution in [3.05, 3.63) is 54.3 Å². The van der Waals surface area contributed by atoms with Gasteiger partial charge in [0.15, 0.2) is 0 Å². The molecule has 0 fully saturated rings. The van der Waals surface area contributed by atoms with Gasteiger partial charge in [-0.05, 0) is 29.9 Å². The summed E-state index contributed by atoms with van der Waals surface area (Å²) in [6.07, 6.45) is 6.66. The number of hydrogen-bond acceptors (Lipinski definition) is 2. The first-order chi connectivity index (χ1) is 8.25. The lowest BCUT2D eigenvalue weighted by Gasteiger charge is -2.21. The number of rotatable bonds is 4. The van der Waals surface area contributed by atoms with Crippen LogP contribution in [0.4, 0.5) is 5.69 Å². The van der Waals surface area contributed by atoms with Gasteiger partial charge >= 0.3 is 0 Å². The highest BCUT2D eigenvalue weighted by molar-refractivity contribution is 5.44. The predicted octanol–water partition coefficient (Wildman–Crippen LogP) is 0.596. The Morgan fingerprint density at radius 2 is 2.06 bits per heavy atom. The number of para-hydroxylation sites is 1. The smallest absolute Gasteiger partial charge is 0.100 e. The lowest BCUT2D eigenvalue weighted by molar-refractivity contribution is -0.818. The van der Waals surface area contributed by atoms with Gasteiger partial charge in [-0.3, -0.25) is 0 Å². The number of benzene rings is 1. The minimum absolute atomic E-state index is 0.870. The van der Waals surface area contributed by atoms with Crippen LogP contribution < -0.4 is 15.3 Å². The van der Waals surface area contributed by atoms with Crippen molar-refractivity contribution < 1.29 is 4.90 Å². The molecule has 1 atom stereocenters. The van der Waals surface area contributed by atoms with Gasteiger partial charge in [0.2, 0.25) is 0 Å². The van der Waals surface area contributed by atoms with Crippen molar-refractivity contribution in [2.24, 2.45) is 0 Å². The molecule has 0 saturated carbocycles. The van der Waals surface area contributed by atoms with E-state index in [-0.39, 0.29) is 0 Å². The molecule has 1 aromatic rings. The fraction of sp³-hybridized carbons (Fsp3) is 0.286. The van der Waals surface area contributed by atoms with Gasteiger partial charge in [0.05, 0.1) is 18.9 Å². The highest BCUT2D eigenvalue weighted by Gasteiger charge is 2.05. The van der Waals surface area contributed by atoms with Gasteiger partial charge in [0, 0.05) is 13.6 Å². The summed E-state index contributed by atoms with van der Waals surface area (Å²) in [4.78, 5) is 1.42. The van der Waals surface area contributed by atoms with Crippen LogP contribution in [0.5, 0.6) is 0 Å². The predicted molar refractivity (Wildman–Crippen MR) is 71.8 cm³/mol. The van der Waals surface area contributed by atoms with Crippen LogP contribution in [0.15, 0.2) is 54.3 Å². The first kappa shape index (κ1) is 11.9. The molecule has 1 heterocycles. The second-order valence-electron chi connectivity index (χ2n) is 4.39. The molecule has 1 unspecified atom stereocenters. The van der Waals surface area contributed by atoms with Crippen LogP contribution >= 0.6 is 0 Å². The maximum atomic E-state index is 3.39. The monoisotopic (exact) mass is 230 g/mol. The summed E-state index contributed by atoms with van der Waals surface area (Å²) in [5.41, 5.74) is 5.91. The molecule has 0 radical (unpaired) electrons. The van der Waals surface area contributed by atoms with Crippen molar-refractivity contribution in [1.82, 2.24) is 5.43 Å². The molecule has 0 aliphatic carbocycles. The van der Waals surface area contributed by atoms with Crippen LogP contribution in [0.3, 0.4) is 0 Å². The summed E-state index contributed by atoms with van der Waals surface area (Å²) in [5.74, 6) is 0. The third-order valence-corrected chi connectivity index (χ3v) is 2.93. The number of nitrogens with zero attached hydrogens (tertiary/aromatic N) is 1. The van der Waals surface area contributed by atoms with Gasteiger partial charge in [0.1, 0.15) is 6.54 Å². The van der Waals surface area contributed by atoms with Crippen LogP contribution in [0, 0.1) is 0 Å². The molecule has 0 saturated heterocycles. The van der Waals surface area contributed by atoms with Gasteiger partial charge in [-0.15, -0.1) is 0 Å². The summed E-state index contributed by atoms with van der Waals surface area (Å²) in [6.45, 7) is 1.94. The first-order valence-corrected chi connectivity index (χ1v) is 5.97. The maximum absolute atomic E-state index is 3.39. The van der Waals surface area contributed by atoms with E-state index in [1.54, 1.807) is 0 Å². The largest absolute Gasteiger partial charge is 0.311 e. The Morgan fingerprint density at radius 3 is 2.71 bits per heavy atom. The van der Waals surface area contributed by atoms with E-state index in [1.165, 1.54) is 16.2 Å². The average Bonchev–Trinajstić information content (AvgIpc) is 2.39. The molecular formula is C14H20N3+. The van der Waals surface area contributed by atoms with E-state index in [0.29, 0.717) is 0 Å². The van der Waals surface area contributed by atoms with Crippen molar-refractivity contribution in [1.29, 1.82) is 0 Å². The molecular weight excluding hydrogens is 210 g/mol. The summed E-state index contributed by atoms with van der Waals surface area (Å²) in [6, 6.07) is 10.3. The number of hydrogen-bond donors (Lipinski definition) is 2. The molecule has 17 heavy (non-hydrogen) atoms. The van der Waals surface area contributed by atoms with Crippen molar-refractivity contribution in [3.8, 4) is 0 Å². The zero-order valence-electron chi connectivity index (χ0n) is 10.5. The topological polar surface area (TPSA) is 19.7 Å². The second kappa shape index (κ2) is 5.66. The fourth-order valence-electron chi connectivity index (χ4n) is 1.76. The molecule has 1 aliphatic rings. The molecule has 0 spiro atoms. The van der Waals surface area contributed by atoms with Crippen LogP contribution in [-0.2, 0) is 0 Å². The number of nitrogens with one attached hydrogen (secondary N) is 2. The third kappa shape index (κ3) is 3.44. The average molecular weight is 230 g/mol. The molecule has 2 N–H and O–H groups in total. The zero-order chi connectivity index (χ0) is 12.1. The molecule has 3 heteroatoms. The summed E-state index contributed by atoms with van der Waals surface area (Å²) < 4.78 is 0. The van der Waals surface area contributed by atoms with Crippen molar-refractivity contribution >= 4 is 5.69 Å². The minimum Gasteiger partial charge on any atom is -0.311 e. The van der Waals surface area contributed by atoms with Crippen molar-refractivity contribution in [2.75, 3.05) is 32.2 Å². The number of anilines is 1. The minimum atomic E-state index is 0.870. The number of hydrazine groups is 1. The molecule has 3 nitrogen and oxygen atoms in total. The van der Waals surface area contributed by atoms with Gasteiger partial charge in [-0.25, -0.2) is 5.43 Å². The molecule has 0 bridgehead atoms. The molecule has 1 aromatic carbocycles. The molecule has 0 aromatic heterocycles. The van der Waals surface area contributed by atoms with Gasteiger partial charge in [0.25, 0.3) is 0 Å². The molecule has 1 aliphatic heterocycles. The maximum Gasteiger partial charge on any atom is 0.100 e. The normalized spacial score (nSPS) is 18.9. The van der Waals surface area contributed by atoms with E-state index >= 15 is 0 Å². The first-order valence-electron chi connectivity index (χ1n) is 5.97. The van der Waals surface area contributed by atoms with E-state index < -0.39 is 0 Å². The Bertz CT molecular complexity index is 409. The third-order valence-electron chi connectivity index (χ3n) is 2.93. The van der Waals surface area contributed by atoms with Crippen LogP contribution in [-0.4, -0.2) is 27.2 Å². The number of quaternary nitrogens is 1. The Balaban J connectivity index is 1.85. The fourth-order valence-corrected chi connectivity index (χ4v) is 1.76. The quantitative estimate of drug-likeness (QED) is 0.738.